The van der Waals surface area contributed by atoms with E-state index in [9.17, 15) is 4.79 Å². The van der Waals surface area contributed by atoms with Gasteiger partial charge in [-0.2, -0.15) is 0 Å². The highest BCUT2D eigenvalue weighted by atomic mass is 16.5. The number of ether oxygens (including phenoxy) is 1. The molecule has 0 saturated carbocycles. The van der Waals surface area contributed by atoms with Gasteiger partial charge >= 0.3 is 0 Å². The van der Waals surface area contributed by atoms with Crippen LogP contribution >= 0.6 is 0 Å². The summed E-state index contributed by atoms with van der Waals surface area (Å²) in [5.41, 5.74) is 1.06. The molecule has 22 heavy (non-hydrogen) atoms. The van der Waals surface area contributed by atoms with Gasteiger partial charge in [0.15, 0.2) is 6.61 Å². The lowest BCUT2D eigenvalue weighted by molar-refractivity contribution is -0.123. The lowest BCUT2D eigenvalue weighted by Crippen LogP contribution is -2.33. The van der Waals surface area contributed by atoms with E-state index in [0.717, 1.165) is 30.7 Å². The van der Waals surface area contributed by atoms with Crippen molar-refractivity contribution in [2.24, 2.45) is 5.92 Å². The molecule has 1 rings (SSSR count). The van der Waals surface area contributed by atoms with Gasteiger partial charge in [-0.1, -0.05) is 57.4 Å². The molecule has 1 atom stereocenters. The normalized spacial score (nSPS) is 11.7. The Balaban J connectivity index is 2.38. The van der Waals surface area contributed by atoms with Gasteiger partial charge in [0.05, 0.1) is 0 Å². The number of unbranched alkanes of at least 4 members (excludes halogenated alkanes) is 1. The SMILES string of the molecule is C=CCc1ccccc1OCC(=O)NCC(CC)CCCC. The van der Waals surface area contributed by atoms with Crippen LogP contribution in [0.4, 0.5) is 0 Å². The number of rotatable bonds is 11. The average Bonchev–Trinajstić information content (AvgIpc) is 2.54. The van der Waals surface area contributed by atoms with Gasteiger partial charge < -0.3 is 10.1 Å². The Morgan fingerprint density at radius 2 is 2.14 bits per heavy atom. The molecule has 0 bridgehead atoms. The summed E-state index contributed by atoms with van der Waals surface area (Å²) in [6.07, 6.45) is 7.28. The molecule has 1 N–H and O–H groups in total. The molecule has 0 heterocycles. The number of allylic oxidation sites excluding steroid dienone is 1. The topological polar surface area (TPSA) is 38.3 Å². The molecule has 0 radical (unpaired) electrons. The van der Waals surface area contributed by atoms with Crippen LogP contribution in [0.2, 0.25) is 0 Å². The van der Waals surface area contributed by atoms with Crippen LogP contribution in [-0.4, -0.2) is 19.1 Å². The van der Waals surface area contributed by atoms with E-state index in [4.69, 9.17) is 4.74 Å². The van der Waals surface area contributed by atoms with Crippen LogP contribution in [0, 0.1) is 5.92 Å². The molecule has 0 saturated heterocycles. The third kappa shape index (κ3) is 6.79. The largest absolute Gasteiger partial charge is 0.483 e. The molecule has 122 valence electrons. The summed E-state index contributed by atoms with van der Waals surface area (Å²) in [5, 5.41) is 2.98. The predicted octanol–water partition coefficient (Wildman–Crippen LogP) is 4.13. The first kappa shape index (κ1) is 18.3. The molecule has 0 aliphatic rings. The Morgan fingerprint density at radius 3 is 2.82 bits per heavy atom. The minimum atomic E-state index is -0.0524. The molecule has 1 unspecified atom stereocenters. The summed E-state index contributed by atoms with van der Waals surface area (Å²) >= 11 is 0. The van der Waals surface area contributed by atoms with E-state index in [2.05, 4.69) is 25.7 Å². The van der Waals surface area contributed by atoms with E-state index in [1.807, 2.05) is 30.3 Å². The van der Waals surface area contributed by atoms with Crippen LogP contribution in [0.15, 0.2) is 36.9 Å². The maximum atomic E-state index is 11.9. The van der Waals surface area contributed by atoms with Gasteiger partial charge in [-0.05, 0) is 30.4 Å². The van der Waals surface area contributed by atoms with Crippen molar-refractivity contribution in [1.29, 1.82) is 0 Å². The number of carbonyl (C=O) groups excluding carboxylic acids is 1. The second kappa shape index (κ2) is 10.9. The highest BCUT2D eigenvalue weighted by molar-refractivity contribution is 5.77. The lowest BCUT2D eigenvalue weighted by atomic mass is 9.99. The van der Waals surface area contributed by atoms with Crippen LogP contribution in [0.3, 0.4) is 0 Å². The fourth-order valence-electron chi connectivity index (χ4n) is 2.36. The van der Waals surface area contributed by atoms with Crippen molar-refractivity contribution >= 4 is 5.91 Å². The van der Waals surface area contributed by atoms with Gasteiger partial charge in [0.2, 0.25) is 0 Å². The molecule has 0 aliphatic heterocycles. The summed E-state index contributed by atoms with van der Waals surface area (Å²) in [4.78, 5) is 11.9. The van der Waals surface area contributed by atoms with Crippen molar-refractivity contribution in [3.8, 4) is 5.75 Å². The number of hydrogen-bond donors (Lipinski definition) is 1. The van der Waals surface area contributed by atoms with Crippen molar-refractivity contribution in [2.75, 3.05) is 13.2 Å². The first-order valence-corrected chi connectivity index (χ1v) is 8.29. The minimum absolute atomic E-state index is 0.0524. The molecule has 1 amide bonds. The molecule has 1 aromatic rings. The monoisotopic (exact) mass is 303 g/mol. The minimum Gasteiger partial charge on any atom is -0.483 e. The zero-order chi connectivity index (χ0) is 16.2. The Labute approximate surface area is 134 Å². The zero-order valence-electron chi connectivity index (χ0n) is 13.9. The number of amides is 1. The van der Waals surface area contributed by atoms with E-state index in [0.29, 0.717) is 5.92 Å². The molecule has 3 heteroatoms. The quantitative estimate of drug-likeness (QED) is 0.624. The summed E-state index contributed by atoms with van der Waals surface area (Å²) in [6, 6.07) is 7.76. The Kier molecular flexibility index (Phi) is 9.04. The average molecular weight is 303 g/mol. The standard InChI is InChI=1S/C19H29NO2/c1-4-7-11-16(6-3)14-20-19(21)15-22-18-13-9-8-12-17(18)10-5-2/h5,8-9,12-13,16H,2,4,6-7,10-11,14-15H2,1,3H3,(H,20,21). The number of benzene rings is 1. The highest BCUT2D eigenvalue weighted by Crippen LogP contribution is 2.18. The smallest absolute Gasteiger partial charge is 0.257 e. The fraction of sp³-hybridized carbons (Fsp3) is 0.526. The zero-order valence-corrected chi connectivity index (χ0v) is 13.9. The maximum absolute atomic E-state index is 11.9. The van der Waals surface area contributed by atoms with Crippen molar-refractivity contribution in [3.05, 3.63) is 42.5 Å². The van der Waals surface area contributed by atoms with Crippen LogP contribution in [0.25, 0.3) is 0 Å². The van der Waals surface area contributed by atoms with Gasteiger partial charge in [-0.15, -0.1) is 6.58 Å². The number of hydrogen-bond acceptors (Lipinski definition) is 2. The van der Waals surface area contributed by atoms with Gasteiger partial charge in [0.25, 0.3) is 5.91 Å². The van der Waals surface area contributed by atoms with Gasteiger partial charge in [0.1, 0.15) is 5.75 Å². The van der Waals surface area contributed by atoms with Crippen LogP contribution in [0.1, 0.15) is 45.1 Å². The molecule has 0 aromatic heterocycles. The third-order valence-corrected chi connectivity index (χ3v) is 3.83. The Hall–Kier alpha value is -1.77. The Morgan fingerprint density at radius 1 is 1.36 bits per heavy atom. The Bertz CT molecular complexity index is 457. The van der Waals surface area contributed by atoms with Crippen molar-refractivity contribution < 1.29 is 9.53 Å². The molecule has 0 aliphatic carbocycles. The second-order valence-corrected chi connectivity index (χ2v) is 5.61. The van der Waals surface area contributed by atoms with Gasteiger partial charge in [-0.3, -0.25) is 4.79 Å². The van der Waals surface area contributed by atoms with E-state index in [1.54, 1.807) is 0 Å². The first-order valence-electron chi connectivity index (χ1n) is 8.29. The fourth-order valence-corrected chi connectivity index (χ4v) is 2.36. The number of nitrogens with one attached hydrogen (secondary N) is 1. The van der Waals surface area contributed by atoms with E-state index >= 15 is 0 Å². The van der Waals surface area contributed by atoms with Crippen molar-refractivity contribution in [1.82, 2.24) is 5.32 Å². The molecular weight excluding hydrogens is 274 g/mol. The number of para-hydroxylation sites is 1. The summed E-state index contributed by atoms with van der Waals surface area (Å²) in [5.74, 6) is 1.27. The van der Waals surface area contributed by atoms with E-state index in [1.165, 1.54) is 19.3 Å². The maximum Gasteiger partial charge on any atom is 0.257 e. The van der Waals surface area contributed by atoms with Crippen LogP contribution in [0.5, 0.6) is 5.75 Å². The van der Waals surface area contributed by atoms with Crippen LogP contribution in [-0.2, 0) is 11.2 Å². The molecule has 0 fully saturated rings. The highest BCUT2D eigenvalue weighted by Gasteiger charge is 2.09. The lowest BCUT2D eigenvalue weighted by Gasteiger charge is -2.16. The number of carbonyl (C=O) groups is 1. The predicted molar refractivity (Wildman–Crippen MR) is 92.2 cm³/mol. The van der Waals surface area contributed by atoms with Crippen molar-refractivity contribution in [3.63, 3.8) is 0 Å². The summed E-state index contributed by atoms with van der Waals surface area (Å²) in [6.45, 7) is 8.92. The molecule has 0 spiro atoms. The van der Waals surface area contributed by atoms with Gasteiger partial charge in [-0.25, -0.2) is 0 Å². The molecule has 3 nitrogen and oxygen atoms in total. The third-order valence-electron chi connectivity index (χ3n) is 3.83. The second-order valence-electron chi connectivity index (χ2n) is 5.61. The van der Waals surface area contributed by atoms with Gasteiger partial charge in [0, 0.05) is 6.54 Å². The van der Waals surface area contributed by atoms with E-state index < -0.39 is 0 Å². The summed E-state index contributed by atoms with van der Waals surface area (Å²) < 4.78 is 5.64. The van der Waals surface area contributed by atoms with Crippen molar-refractivity contribution in [2.45, 2.75) is 46.0 Å². The van der Waals surface area contributed by atoms with Crippen LogP contribution < -0.4 is 10.1 Å². The van der Waals surface area contributed by atoms with E-state index in [-0.39, 0.29) is 12.5 Å². The molecule has 1 aromatic carbocycles. The summed E-state index contributed by atoms with van der Waals surface area (Å²) in [7, 11) is 0. The molecular formula is C19H29NO2. The first-order chi connectivity index (χ1) is 10.7.